The van der Waals surface area contributed by atoms with Crippen LogP contribution in [0.25, 0.3) is 5.69 Å². The summed E-state index contributed by atoms with van der Waals surface area (Å²) in [5.41, 5.74) is 6.73. The van der Waals surface area contributed by atoms with Crippen LogP contribution in [-0.4, -0.2) is 21.2 Å². The zero-order valence-corrected chi connectivity index (χ0v) is 13.1. The van der Waals surface area contributed by atoms with Crippen LogP contribution in [-0.2, 0) is 4.79 Å². The maximum absolute atomic E-state index is 12.1. The van der Waals surface area contributed by atoms with Crippen molar-refractivity contribution in [3.8, 4) is 5.69 Å². The Hall–Kier alpha value is -1.85. The molecule has 21 heavy (non-hydrogen) atoms. The Labute approximate surface area is 130 Å². The summed E-state index contributed by atoms with van der Waals surface area (Å²) in [6, 6.07) is 9.71. The summed E-state index contributed by atoms with van der Waals surface area (Å²) < 4.78 is 1.71. The highest BCUT2D eigenvalue weighted by Crippen LogP contribution is 2.15. The minimum absolute atomic E-state index is 0. The van der Waals surface area contributed by atoms with Crippen LogP contribution < -0.4 is 11.1 Å². The van der Waals surface area contributed by atoms with Crippen molar-refractivity contribution < 1.29 is 4.79 Å². The van der Waals surface area contributed by atoms with E-state index in [9.17, 15) is 4.79 Å². The molecule has 5 nitrogen and oxygen atoms in total. The van der Waals surface area contributed by atoms with Gasteiger partial charge < -0.3 is 11.1 Å². The third-order valence-corrected chi connectivity index (χ3v) is 3.15. The van der Waals surface area contributed by atoms with Crippen LogP contribution in [0.2, 0.25) is 0 Å². The van der Waals surface area contributed by atoms with E-state index in [2.05, 4.69) is 10.4 Å². The highest BCUT2D eigenvalue weighted by molar-refractivity contribution is 5.97. The molecule has 0 radical (unpaired) electrons. The summed E-state index contributed by atoms with van der Waals surface area (Å²) in [7, 11) is 0. The van der Waals surface area contributed by atoms with Crippen LogP contribution in [0, 0.1) is 0 Å². The van der Waals surface area contributed by atoms with Crippen LogP contribution in [0.1, 0.15) is 26.7 Å². The van der Waals surface area contributed by atoms with E-state index in [1.165, 1.54) is 0 Å². The normalized spacial score (nSPS) is 13.1. The highest BCUT2D eigenvalue weighted by Gasteiger charge is 2.27. The van der Waals surface area contributed by atoms with Crippen LogP contribution in [0.15, 0.2) is 42.7 Å². The van der Waals surface area contributed by atoms with Gasteiger partial charge in [-0.2, -0.15) is 5.10 Å². The Balaban J connectivity index is 0.00000220. The molecule has 0 aliphatic rings. The molecule has 0 saturated heterocycles. The van der Waals surface area contributed by atoms with Gasteiger partial charge in [-0.05, 0) is 25.5 Å². The van der Waals surface area contributed by atoms with Gasteiger partial charge in [0.05, 0.1) is 29.3 Å². The van der Waals surface area contributed by atoms with Crippen molar-refractivity contribution in [2.24, 2.45) is 5.73 Å². The molecule has 3 N–H and O–H groups in total. The number of nitrogens with zero attached hydrogens (tertiary/aromatic N) is 2. The van der Waals surface area contributed by atoms with Crippen LogP contribution >= 0.6 is 12.4 Å². The molecule has 0 bridgehead atoms. The zero-order chi connectivity index (χ0) is 14.6. The molecular weight excluding hydrogens is 288 g/mol. The van der Waals surface area contributed by atoms with E-state index >= 15 is 0 Å². The Bertz CT molecular complexity index is 580. The number of carbonyl (C=O) groups is 1. The lowest BCUT2D eigenvalue weighted by Gasteiger charge is -2.22. The molecule has 0 saturated carbocycles. The second-order valence-electron chi connectivity index (χ2n) is 5.13. The van der Waals surface area contributed by atoms with Crippen LogP contribution in [0.3, 0.4) is 0 Å². The van der Waals surface area contributed by atoms with Crippen molar-refractivity contribution in [2.45, 2.75) is 32.2 Å². The molecule has 1 unspecified atom stereocenters. The van der Waals surface area contributed by atoms with Gasteiger partial charge in [0.2, 0.25) is 5.91 Å². The van der Waals surface area contributed by atoms with Gasteiger partial charge in [0.25, 0.3) is 0 Å². The predicted molar refractivity (Wildman–Crippen MR) is 86.9 cm³/mol. The number of benzene rings is 1. The van der Waals surface area contributed by atoms with Crippen molar-refractivity contribution in [3.63, 3.8) is 0 Å². The Morgan fingerprint density at radius 1 is 1.38 bits per heavy atom. The lowest BCUT2D eigenvalue weighted by Crippen LogP contribution is -2.48. The molecule has 0 aliphatic heterocycles. The first kappa shape index (κ1) is 17.2. The molecule has 1 amide bonds. The molecule has 2 aromatic rings. The predicted octanol–water partition coefficient (Wildman–Crippen LogP) is 2.75. The van der Waals surface area contributed by atoms with E-state index in [1.54, 1.807) is 24.0 Å². The number of para-hydroxylation sites is 1. The van der Waals surface area contributed by atoms with E-state index in [1.807, 2.05) is 37.3 Å². The van der Waals surface area contributed by atoms with Crippen LogP contribution in [0.4, 0.5) is 5.69 Å². The molecule has 2 rings (SSSR count). The average Bonchev–Trinajstić information content (AvgIpc) is 2.88. The summed E-state index contributed by atoms with van der Waals surface area (Å²) in [4.78, 5) is 12.1. The standard InChI is InChI=1S/C15H20N4O.ClH/c1-3-9-15(2,16)14(20)18-12-10-17-19(11-12)13-7-5-4-6-8-13;/h4-8,10-11H,3,9,16H2,1-2H3,(H,18,20);1H. The van der Waals surface area contributed by atoms with Crippen molar-refractivity contribution in [1.82, 2.24) is 9.78 Å². The Kier molecular flexibility index (Phi) is 5.93. The first-order valence-corrected chi connectivity index (χ1v) is 6.73. The fourth-order valence-electron chi connectivity index (χ4n) is 2.02. The Morgan fingerprint density at radius 3 is 2.67 bits per heavy atom. The number of amides is 1. The van der Waals surface area contributed by atoms with E-state index in [-0.39, 0.29) is 18.3 Å². The highest BCUT2D eigenvalue weighted by atomic mass is 35.5. The van der Waals surface area contributed by atoms with Crippen molar-refractivity contribution in [3.05, 3.63) is 42.7 Å². The molecule has 0 aliphatic carbocycles. The van der Waals surface area contributed by atoms with Gasteiger partial charge >= 0.3 is 0 Å². The quantitative estimate of drug-likeness (QED) is 0.892. The number of rotatable bonds is 5. The molecule has 0 fully saturated rings. The number of anilines is 1. The SMILES string of the molecule is CCCC(C)(N)C(=O)Nc1cnn(-c2ccccc2)c1.Cl. The number of hydrogen-bond acceptors (Lipinski definition) is 3. The second-order valence-corrected chi connectivity index (χ2v) is 5.13. The molecule has 0 spiro atoms. The van der Waals surface area contributed by atoms with Gasteiger partial charge in [-0.25, -0.2) is 4.68 Å². The minimum atomic E-state index is -0.858. The molecule has 6 heteroatoms. The first-order chi connectivity index (χ1) is 9.53. The van der Waals surface area contributed by atoms with Gasteiger partial charge in [0, 0.05) is 0 Å². The molecule has 1 atom stereocenters. The van der Waals surface area contributed by atoms with E-state index < -0.39 is 5.54 Å². The van der Waals surface area contributed by atoms with Crippen molar-refractivity contribution in [2.75, 3.05) is 5.32 Å². The largest absolute Gasteiger partial charge is 0.322 e. The lowest BCUT2D eigenvalue weighted by molar-refractivity contribution is -0.120. The molecule has 1 aromatic carbocycles. The maximum Gasteiger partial charge on any atom is 0.244 e. The summed E-state index contributed by atoms with van der Waals surface area (Å²) >= 11 is 0. The summed E-state index contributed by atoms with van der Waals surface area (Å²) in [5, 5.41) is 7.04. The summed E-state index contributed by atoms with van der Waals surface area (Å²) in [6.45, 7) is 3.75. The lowest BCUT2D eigenvalue weighted by atomic mass is 9.96. The molecule has 114 valence electrons. The van der Waals surface area contributed by atoms with E-state index in [0.29, 0.717) is 12.1 Å². The first-order valence-electron chi connectivity index (χ1n) is 6.73. The number of carbonyl (C=O) groups excluding carboxylic acids is 1. The zero-order valence-electron chi connectivity index (χ0n) is 12.2. The van der Waals surface area contributed by atoms with Gasteiger partial charge in [-0.3, -0.25) is 4.79 Å². The fourth-order valence-corrected chi connectivity index (χ4v) is 2.02. The summed E-state index contributed by atoms with van der Waals surface area (Å²) in [6.07, 6.45) is 4.90. The summed E-state index contributed by atoms with van der Waals surface area (Å²) in [5.74, 6) is -0.188. The third-order valence-electron chi connectivity index (χ3n) is 3.15. The number of hydrogen-bond donors (Lipinski definition) is 2. The number of nitrogens with one attached hydrogen (secondary N) is 1. The van der Waals surface area contributed by atoms with Gasteiger partial charge in [0.1, 0.15) is 0 Å². The van der Waals surface area contributed by atoms with Crippen molar-refractivity contribution in [1.29, 1.82) is 0 Å². The third kappa shape index (κ3) is 4.31. The van der Waals surface area contributed by atoms with E-state index in [4.69, 9.17) is 5.73 Å². The fraction of sp³-hybridized carbons (Fsp3) is 0.333. The average molecular weight is 309 g/mol. The van der Waals surface area contributed by atoms with Crippen molar-refractivity contribution >= 4 is 24.0 Å². The number of nitrogens with two attached hydrogens (primary N) is 1. The Morgan fingerprint density at radius 2 is 2.05 bits per heavy atom. The van der Waals surface area contributed by atoms with Gasteiger partial charge in [0.15, 0.2) is 0 Å². The second kappa shape index (κ2) is 7.24. The minimum Gasteiger partial charge on any atom is -0.322 e. The number of halogens is 1. The maximum atomic E-state index is 12.1. The number of aromatic nitrogens is 2. The monoisotopic (exact) mass is 308 g/mol. The molecule has 1 aromatic heterocycles. The van der Waals surface area contributed by atoms with E-state index in [0.717, 1.165) is 12.1 Å². The molecule has 1 heterocycles. The van der Waals surface area contributed by atoms with Crippen LogP contribution in [0.5, 0.6) is 0 Å². The molecular formula is C15H21ClN4O. The van der Waals surface area contributed by atoms with Gasteiger partial charge in [-0.15, -0.1) is 12.4 Å². The van der Waals surface area contributed by atoms with Gasteiger partial charge in [-0.1, -0.05) is 31.5 Å². The topological polar surface area (TPSA) is 72.9 Å². The smallest absolute Gasteiger partial charge is 0.244 e.